The van der Waals surface area contributed by atoms with Crippen molar-refractivity contribution in [3.05, 3.63) is 66.7 Å². The number of thioether (sulfide) groups is 1. The van der Waals surface area contributed by atoms with E-state index in [0.29, 0.717) is 17.4 Å². The van der Waals surface area contributed by atoms with Crippen LogP contribution in [-0.4, -0.2) is 26.4 Å². The van der Waals surface area contributed by atoms with Crippen LogP contribution in [0.25, 0.3) is 22.2 Å². The molecule has 4 rings (SSSR count). The number of hydrogen-bond donors (Lipinski definition) is 2. The molecule has 0 unspecified atom stereocenters. The summed E-state index contributed by atoms with van der Waals surface area (Å²) in [4.78, 5) is 12.5. The minimum absolute atomic E-state index is 0.0777. The number of nitrogen functional groups attached to an aromatic ring is 1. The average Bonchev–Trinajstić information content (AvgIpc) is 3.16. The van der Waals surface area contributed by atoms with E-state index in [1.807, 2.05) is 78.2 Å². The van der Waals surface area contributed by atoms with Gasteiger partial charge in [0.05, 0.1) is 5.75 Å². The highest BCUT2D eigenvalue weighted by atomic mass is 32.2. The van der Waals surface area contributed by atoms with Gasteiger partial charge in [-0.15, -0.1) is 10.2 Å². The third-order valence-electron chi connectivity index (χ3n) is 4.60. The summed E-state index contributed by atoms with van der Waals surface area (Å²) < 4.78 is 2.00. The van der Waals surface area contributed by atoms with Crippen molar-refractivity contribution in [3.8, 4) is 11.4 Å². The molecule has 0 bridgehead atoms. The van der Waals surface area contributed by atoms with Gasteiger partial charge in [-0.05, 0) is 42.6 Å². The lowest BCUT2D eigenvalue weighted by atomic mass is 10.1. The zero-order valence-electron chi connectivity index (χ0n) is 16.0. The van der Waals surface area contributed by atoms with Gasteiger partial charge in [-0.2, -0.15) is 0 Å². The minimum atomic E-state index is -0.0777. The number of anilines is 2. The number of nitrogens with two attached hydrogens (primary N) is 1. The van der Waals surface area contributed by atoms with Crippen molar-refractivity contribution in [2.75, 3.05) is 16.8 Å². The molecule has 0 radical (unpaired) electrons. The standard InChI is InChI=1S/C22H21N5OS/c1-2-27-21(16-10-12-17(23)13-11-16)25-26-22(27)29-14-20(28)24-19-9-5-7-15-6-3-4-8-18(15)19/h3-13H,2,14,23H2,1H3,(H,24,28). The topological polar surface area (TPSA) is 85.8 Å². The molecule has 0 saturated heterocycles. The fourth-order valence-electron chi connectivity index (χ4n) is 3.18. The van der Waals surface area contributed by atoms with Gasteiger partial charge in [0.25, 0.3) is 0 Å². The van der Waals surface area contributed by atoms with E-state index in [-0.39, 0.29) is 11.7 Å². The molecule has 3 aromatic carbocycles. The largest absolute Gasteiger partial charge is 0.399 e. The number of nitrogens with zero attached hydrogens (tertiary/aromatic N) is 3. The van der Waals surface area contributed by atoms with Crippen LogP contribution in [0.4, 0.5) is 11.4 Å². The van der Waals surface area contributed by atoms with Crippen LogP contribution in [0.2, 0.25) is 0 Å². The molecule has 4 aromatic rings. The van der Waals surface area contributed by atoms with Crippen molar-refractivity contribution in [2.45, 2.75) is 18.6 Å². The van der Waals surface area contributed by atoms with Gasteiger partial charge < -0.3 is 15.6 Å². The summed E-state index contributed by atoms with van der Waals surface area (Å²) in [5.74, 6) is 0.943. The average molecular weight is 404 g/mol. The third-order valence-corrected chi connectivity index (χ3v) is 5.56. The number of rotatable bonds is 6. The normalized spacial score (nSPS) is 10.9. The molecule has 1 amide bonds. The van der Waals surface area contributed by atoms with Crippen molar-refractivity contribution < 1.29 is 4.79 Å². The number of nitrogens with one attached hydrogen (secondary N) is 1. The maximum atomic E-state index is 12.5. The third kappa shape index (κ3) is 4.09. The lowest BCUT2D eigenvalue weighted by Gasteiger charge is -2.09. The molecule has 29 heavy (non-hydrogen) atoms. The first kappa shape index (κ1) is 19.0. The quantitative estimate of drug-likeness (QED) is 0.367. The van der Waals surface area contributed by atoms with Crippen molar-refractivity contribution >= 4 is 39.8 Å². The molecule has 6 nitrogen and oxygen atoms in total. The van der Waals surface area contributed by atoms with Gasteiger partial charge in [-0.25, -0.2) is 0 Å². The molecule has 0 aliphatic heterocycles. The molecule has 0 saturated carbocycles. The van der Waals surface area contributed by atoms with E-state index in [1.54, 1.807) is 0 Å². The second-order valence-corrected chi connectivity index (χ2v) is 7.48. The molecule has 0 aliphatic carbocycles. The first-order chi connectivity index (χ1) is 14.2. The van der Waals surface area contributed by atoms with Gasteiger partial charge in [0.2, 0.25) is 5.91 Å². The Hall–Kier alpha value is -3.32. The number of carbonyl (C=O) groups is 1. The summed E-state index contributed by atoms with van der Waals surface area (Å²) in [5.41, 5.74) is 8.23. The van der Waals surface area contributed by atoms with Crippen molar-refractivity contribution in [1.29, 1.82) is 0 Å². The van der Waals surface area contributed by atoms with Crippen LogP contribution in [-0.2, 0) is 11.3 Å². The van der Waals surface area contributed by atoms with E-state index >= 15 is 0 Å². The van der Waals surface area contributed by atoms with Gasteiger partial charge in [-0.1, -0.05) is 48.2 Å². The van der Waals surface area contributed by atoms with Crippen LogP contribution in [0.5, 0.6) is 0 Å². The van der Waals surface area contributed by atoms with E-state index in [0.717, 1.165) is 27.8 Å². The van der Waals surface area contributed by atoms with E-state index in [4.69, 9.17) is 5.73 Å². The molecule has 146 valence electrons. The first-order valence-electron chi connectivity index (χ1n) is 9.35. The highest BCUT2D eigenvalue weighted by Crippen LogP contribution is 2.26. The predicted octanol–water partition coefficient (Wildman–Crippen LogP) is 4.43. The molecule has 3 N–H and O–H groups in total. The van der Waals surface area contributed by atoms with Gasteiger partial charge >= 0.3 is 0 Å². The van der Waals surface area contributed by atoms with E-state index in [9.17, 15) is 4.79 Å². The van der Waals surface area contributed by atoms with E-state index in [1.165, 1.54) is 11.8 Å². The number of hydrogen-bond acceptors (Lipinski definition) is 5. The van der Waals surface area contributed by atoms with Crippen molar-refractivity contribution in [2.24, 2.45) is 0 Å². The predicted molar refractivity (Wildman–Crippen MR) is 119 cm³/mol. The number of benzene rings is 3. The first-order valence-corrected chi connectivity index (χ1v) is 10.3. The fraction of sp³-hybridized carbons (Fsp3) is 0.136. The molecule has 0 spiro atoms. The highest BCUT2D eigenvalue weighted by Gasteiger charge is 2.15. The van der Waals surface area contributed by atoms with Crippen LogP contribution in [0.1, 0.15) is 6.92 Å². The second-order valence-electron chi connectivity index (χ2n) is 6.54. The lowest BCUT2D eigenvalue weighted by molar-refractivity contribution is -0.113. The zero-order chi connectivity index (χ0) is 20.2. The second kappa shape index (κ2) is 8.36. The van der Waals surface area contributed by atoms with Crippen molar-refractivity contribution in [1.82, 2.24) is 14.8 Å². The Balaban J connectivity index is 1.47. The van der Waals surface area contributed by atoms with Gasteiger partial charge in [0, 0.05) is 28.9 Å². The van der Waals surface area contributed by atoms with Gasteiger partial charge in [0.1, 0.15) is 0 Å². The van der Waals surface area contributed by atoms with Crippen LogP contribution < -0.4 is 11.1 Å². The lowest BCUT2D eigenvalue weighted by Crippen LogP contribution is -2.15. The Bertz CT molecular complexity index is 1150. The highest BCUT2D eigenvalue weighted by molar-refractivity contribution is 7.99. The maximum absolute atomic E-state index is 12.5. The van der Waals surface area contributed by atoms with Crippen molar-refractivity contribution in [3.63, 3.8) is 0 Å². The Morgan fingerprint density at radius 3 is 2.59 bits per heavy atom. The molecule has 7 heteroatoms. The summed E-state index contributed by atoms with van der Waals surface area (Å²) in [6.45, 7) is 2.74. The minimum Gasteiger partial charge on any atom is -0.399 e. The Labute approximate surface area is 173 Å². The van der Waals surface area contributed by atoms with Gasteiger partial charge in [-0.3, -0.25) is 4.79 Å². The molecular weight excluding hydrogens is 382 g/mol. The summed E-state index contributed by atoms with van der Waals surface area (Å²) in [5, 5.41) is 14.4. The number of fused-ring (bicyclic) bond motifs is 1. The van der Waals surface area contributed by atoms with E-state index < -0.39 is 0 Å². The van der Waals surface area contributed by atoms with Crippen LogP contribution in [0, 0.1) is 0 Å². The monoisotopic (exact) mass is 403 g/mol. The smallest absolute Gasteiger partial charge is 0.234 e. The Kier molecular flexibility index (Phi) is 5.48. The molecular formula is C22H21N5OS. The Morgan fingerprint density at radius 2 is 1.79 bits per heavy atom. The summed E-state index contributed by atoms with van der Waals surface area (Å²) in [6.07, 6.45) is 0. The molecule has 1 aromatic heterocycles. The zero-order valence-corrected chi connectivity index (χ0v) is 16.8. The maximum Gasteiger partial charge on any atom is 0.234 e. The number of aromatic nitrogens is 3. The summed E-state index contributed by atoms with van der Waals surface area (Å²) >= 11 is 1.38. The molecule has 0 aliphatic rings. The van der Waals surface area contributed by atoms with Crippen LogP contribution >= 0.6 is 11.8 Å². The number of amides is 1. The number of carbonyl (C=O) groups excluding carboxylic acids is 1. The van der Waals surface area contributed by atoms with Crippen LogP contribution in [0.15, 0.2) is 71.9 Å². The van der Waals surface area contributed by atoms with Gasteiger partial charge in [0.15, 0.2) is 11.0 Å². The summed E-state index contributed by atoms with van der Waals surface area (Å²) in [6, 6.07) is 21.4. The van der Waals surface area contributed by atoms with Crippen LogP contribution in [0.3, 0.4) is 0 Å². The molecule has 0 atom stereocenters. The molecule has 1 heterocycles. The summed E-state index contributed by atoms with van der Waals surface area (Å²) in [7, 11) is 0. The van der Waals surface area contributed by atoms with E-state index in [2.05, 4.69) is 15.5 Å². The SMILES string of the molecule is CCn1c(SCC(=O)Nc2cccc3ccccc23)nnc1-c1ccc(N)cc1. The molecule has 0 fully saturated rings. The fourth-order valence-corrected chi connectivity index (χ4v) is 3.98. The Morgan fingerprint density at radius 1 is 1.03 bits per heavy atom.